The van der Waals surface area contributed by atoms with E-state index in [2.05, 4.69) is 22.6 Å². The van der Waals surface area contributed by atoms with Crippen molar-refractivity contribution in [1.82, 2.24) is 9.47 Å². The van der Waals surface area contributed by atoms with E-state index in [9.17, 15) is 9.90 Å². The highest BCUT2D eigenvalue weighted by Crippen LogP contribution is 2.35. The van der Waals surface area contributed by atoms with Crippen LogP contribution in [0.15, 0.2) is 42.5 Å². The van der Waals surface area contributed by atoms with Crippen LogP contribution in [0.3, 0.4) is 0 Å². The third-order valence-electron chi connectivity index (χ3n) is 5.82. The Bertz CT molecular complexity index is 1040. The van der Waals surface area contributed by atoms with Crippen molar-refractivity contribution < 1.29 is 14.6 Å². The summed E-state index contributed by atoms with van der Waals surface area (Å²) in [5.41, 5.74) is 4.73. The molecule has 3 aromatic rings. The summed E-state index contributed by atoms with van der Waals surface area (Å²) in [6.07, 6.45) is 1.02. The predicted molar refractivity (Wildman–Crippen MR) is 115 cm³/mol. The van der Waals surface area contributed by atoms with E-state index in [1.54, 1.807) is 7.11 Å². The number of benzene rings is 2. The zero-order chi connectivity index (χ0) is 20.5. The number of aromatic nitrogens is 1. The SMILES string of the molecule is COc1ccc(C(CC(=O)O)Cn2c3c(c4cc(Cl)ccc42)CN(C)CC3)cc1. The first-order chi connectivity index (χ1) is 14.0. The van der Waals surface area contributed by atoms with Gasteiger partial charge in [0.1, 0.15) is 5.75 Å². The zero-order valence-electron chi connectivity index (χ0n) is 16.7. The summed E-state index contributed by atoms with van der Waals surface area (Å²) in [6.45, 7) is 2.49. The number of nitrogens with zero attached hydrogens (tertiary/aromatic N) is 2. The summed E-state index contributed by atoms with van der Waals surface area (Å²) in [5, 5.41) is 11.4. The van der Waals surface area contributed by atoms with Crippen molar-refractivity contribution in [1.29, 1.82) is 0 Å². The van der Waals surface area contributed by atoms with Gasteiger partial charge in [-0.15, -0.1) is 0 Å². The number of rotatable bonds is 6. The standard InChI is InChI=1S/C23H25ClN2O3/c1-25-10-9-22-20(14-25)19-12-17(24)5-8-21(19)26(22)13-16(11-23(27)28)15-3-6-18(29-2)7-4-15/h3-8,12,16H,9-11,13-14H2,1-2H3,(H,27,28). The number of ether oxygens (including phenoxy) is 1. The Morgan fingerprint density at radius 1 is 1.24 bits per heavy atom. The van der Waals surface area contributed by atoms with Gasteiger partial charge in [0, 0.05) is 53.6 Å². The van der Waals surface area contributed by atoms with Crippen molar-refractivity contribution in [3.05, 3.63) is 64.3 Å². The van der Waals surface area contributed by atoms with Crippen molar-refractivity contribution in [3.63, 3.8) is 0 Å². The molecule has 0 saturated carbocycles. The van der Waals surface area contributed by atoms with Crippen LogP contribution in [0.25, 0.3) is 10.9 Å². The van der Waals surface area contributed by atoms with Gasteiger partial charge in [-0.1, -0.05) is 23.7 Å². The summed E-state index contributed by atoms with van der Waals surface area (Å²) in [5.74, 6) is -0.156. The van der Waals surface area contributed by atoms with Gasteiger partial charge in [-0.3, -0.25) is 4.79 Å². The summed E-state index contributed by atoms with van der Waals surface area (Å²) in [7, 11) is 3.76. The van der Waals surface area contributed by atoms with Crippen molar-refractivity contribution in [3.8, 4) is 5.75 Å². The summed E-state index contributed by atoms with van der Waals surface area (Å²) in [6, 6.07) is 13.7. The first-order valence-corrected chi connectivity index (χ1v) is 10.2. The number of carbonyl (C=O) groups is 1. The number of fused-ring (bicyclic) bond motifs is 3. The predicted octanol–water partition coefficient (Wildman–Crippen LogP) is 4.55. The van der Waals surface area contributed by atoms with E-state index in [1.807, 2.05) is 36.4 Å². The number of halogens is 1. The quantitative estimate of drug-likeness (QED) is 0.645. The lowest BCUT2D eigenvalue weighted by molar-refractivity contribution is -0.137. The van der Waals surface area contributed by atoms with Crippen LogP contribution in [0, 0.1) is 0 Å². The van der Waals surface area contributed by atoms with E-state index in [1.165, 1.54) is 16.6 Å². The van der Waals surface area contributed by atoms with Crippen molar-refractivity contribution in [2.75, 3.05) is 20.7 Å². The second kappa shape index (κ2) is 8.09. The number of carboxylic acids is 1. The summed E-state index contributed by atoms with van der Waals surface area (Å²) >= 11 is 6.29. The molecule has 1 aliphatic heterocycles. The molecule has 0 bridgehead atoms. The van der Waals surface area contributed by atoms with E-state index >= 15 is 0 Å². The maximum absolute atomic E-state index is 11.6. The molecular weight excluding hydrogens is 388 g/mol. The molecule has 1 aliphatic rings. The van der Waals surface area contributed by atoms with E-state index in [0.717, 1.165) is 41.4 Å². The van der Waals surface area contributed by atoms with Crippen LogP contribution in [0.5, 0.6) is 5.75 Å². The van der Waals surface area contributed by atoms with Gasteiger partial charge in [0.25, 0.3) is 0 Å². The molecule has 1 N–H and O–H groups in total. The second-order valence-electron chi connectivity index (χ2n) is 7.75. The van der Waals surface area contributed by atoms with Crippen LogP contribution < -0.4 is 4.74 Å². The van der Waals surface area contributed by atoms with Crippen LogP contribution in [0.2, 0.25) is 5.02 Å². The largest absolute Gasteiger partial charge is 0.497 e. The molecule has 5 nitrogen and oxygen atoms in total. The number of hydrogen-bond acceptors (Lipinski definition) is 3. The third kappa shape index (κ3) is 3.98. The van der Waals surface area contributed by atoms with E-state index < -0.39 is 5.97 Å². The molecule has 0 radical (unpaired) electrons. The highest BCUT2D eigenvalue weighted by Gasteiger charge is 2.25. The minimum absolute atomic E-state index is 0.0776. The molecule has 0 spiro atoms. The molecule has 152 valence electrons. The molecule has 0 aliphatic carbocycles. The highest BCUT2D eigenvalue weighted by molar-refractivity contribution is 6.31. The van der Waals surface area contributed by atoms with Crippen LogP contribution in [0.4, 0.5) is 0 Å². The van der Waals surface area contributed by atoms with Crippen LogP contribution >= 0.6 is 11.6 Å². The lowest BCUT2D eigenvalue weighted by Crippen LogP contribution is -2.28. The van der Waals surface area contributed by atoms with Gasteiger partial charge in [0.05, 0.1) is 13.5 Å². The molecule has 0 fully saturated rings. The summed E-state index contributed by atoms with van der Waals surface area (Å²) < 4.78 is 7.56. The molecule has 29 heavy (non-hydrogen) atoms. The van der Waals surface area contributed by atoms with Crippen molar-refractivity contribution in [2.45, 2.75) is 31.8 Å². The number of aliphatic carboxylic acids is 1. The number of likely N-dealkylation sites (N-methyl/N-ethyl adjacent to an activating group) is 1. The molecule has 1 atom stereocenters. The molecule has 0 amide bonds. The van der Waals surface area contributed by atoms with Gasteiger partial charge in [-0.25, -0.2) is 0 Å². The van der Waals surface area contributed by atoms with Crippen LogP contribution in [-0.2, 0) is 24.3 Å². The van der Waals surface area contributed by atoms with Crippen molar-refractivity contribution >= 4 is 28.5 Å². The Labute approximate surface area is 175 Å². The van der Waals surface area contributed by atoms with E-state index in [-0.39, 0.29) is 12.3 Å². The van der Waals surface area contributed by atoms with Gasteiger partial charge in [0.15, 0.2) is 0 Å². The molecule has 0 saturated heterocycles. The van der Waals surface area contributed by atoms with Gasteiger partial charge >= 0.3 is 5.97 Å². The van der Waals surface area contributed by atoms with Gasteiger partial charge < -0.3 is 19.3 Å². The lowest BCUT2D eigenvalue weighted by Gasteiger charge is -2.25. The molecule has 2 heterocycles. The van der Waals surface area contributed by atoms with E-state index in [4.69, 9.17) is 16.3 Å². The lowest BCUT2D eigenvalue weighted by atomic mass is 9.95. The Kier molecular flexibility index (Phi) is 5.52. The van der Waals surface area contributed by atoms with Gasteiger partial charge in [-0.2, -0.15) is 0 Å². The van der Waals surface area contributed by atoms with Crippen LogP contribution in [-0.4, -0.2) is 41.2 Å². The average molecular weight is 413 g/mol. The summed E-state index contributed by atoms with van der Waals surface area (Å²) in [4.78, 5) is 13.9. The minimum Gasteiger partial charge on any atom is -0.497 e. The second-order valence-corrected chi connectivity index (χ2v) is 8.19. The monoisotopic (exact) mass is 412 g/mol. The van der Waals surface area contributed by atoms with E-state index in [0.29, 0.717) is 6.54 Å². The highest BCUT2D eigenvalue weighted by atomic mass is 35.5. The molecular formula is C23H25ClN2O3. The topological polar surface area (TPSA) is 54.7 Å². The maximum Gasteiger partial charge on any atom is 0.304 e. The third-order valence-corrected chi connectivity index (χ3v) is 6.05. The molecule has 2 aromatic carbocycles. The molecule has 4 rings (SSSR count). The fourth-order valence-corrected chi connectivity index (χ4v) is 4.53. The molecule has 6 heteroatoms. The smallest absolute Gasteiger partial charge is 0.304 e. The number of hydrogen-bond donors (Lipinski definition) is 1. The fourth-order valence-electron chi connectivity index (χ4n) is 4.36. The van der Waals surface area contributed by atoms with Gasteiger partial charge in [-0.05, 0) is 48.5 Å². The Hall–Kier alpha value is -2.50. The Morgan fingerprint density at radius 3 is 2.69 bits per heavy atom. The van der Waals surface area contributed by atoms with Crippen molar-refractivity contribution in [2.24, 2.45) is 0 Å². The Morgan fingerprint density at radius 2 is 2.00 bits per heavy atom. The normalized spacial score (nSPS) is 15.3. The minimum atomic E-state index is -0.793. The number of carboxylic acid groups (broad SMARTS) is 1. The Balaban J connectivity index is 1.78. The maximum atomic E-state index is 11.6. The number of methoxy groups -OCH3 is 1. The molecule has 1 aromatic heterocycles. The first kappa shape index (κ1) is 19.8. The van der Waals surface area contributed by atoms with Crippen LogP contribution in [0.1, 0.15) is 29.2 Å². The fraction of sp³-hybridized carbons (Fsp3) is 0.348. The molecule has 1 unspecified atom stereocenters. The first-order valence-electron chi connectivity index (χ1n) is 9.80. The van der Waals surface area contributed by atoms with Gasteiger partial charge in [0.2, 0.25) is 0 Å². The average Bonchev–Trinajstić information content (AvgIpc) is 2.99. The zero-order valence-corrected chi connectivity index (χ0v) is 17.4.